The molecule has 6 heteroatoms. The smallest absolute Gasteiger partial charge is 0.228 e. The van der Waals surface area contributed by atoms with Crippen LogP contribution in [0.4, 0.5) is 5.95 Å². The molecule has 0 saturated carbocycles. The van der Waals surface area contributed by atoms with Gasteiger partial charge in [-0.05, 0) is 25.0 Å². The van der Waals surface area contributed by atoms with Crippen molar-refractivity contribution in [1.82, 2.24) is 14.2 Å². The normalized spacial score (nSPS) is 9.62. The summed E-state index contributed by atoms with van der Waals surface area (Å²) in [7, 11) is 0. The standard InChI is InChI=1S/C2H4N4S2/c3-1-4-2(7)5-6(1)8/h8H,(H3,3,4,5,7). The number of hydrogen-bond donors (Lipinski definition) is 3. The van der Waals surface area contributed by atoms with Crippen LogP contribution in [0.2, 0.25) is 0 Å². The molecule has 0 amide bonds. The predicted molar refractivity (Wildman–Crippen MR) is 36.2 cm³/mol. The molecular formula is C2H4N4S2. The molecule has 0 aromatic carbocycles. The predicted octanol–water partition coefficient (Wildman–Crippen LogP) is 0.216. The third-order valence-electron chi connectivity index (χ3n) is 0.635. The van der Waals surface area contributed by atoms with Crippen LogP contribution in [-0.2, 0) is 0 Å². The molecule has 0 bridgehead atoms. The molecule has 0 atom stereocenters. The maximum atomic E-state index is 5.22. The quantitative estimate of drug-likeness (QED) is 0.364. The van der Waals surface area contributed by atoms with Gasteiger partial charge >= 0.3 is 0 Å². The fourth-order valence-electron chi connectivity index (χ4n) is 0.324. The number of aromatic nitrogens is 3. The number of rotatable bonds is 0. The highest BCUT2D eigenvalue weighted by Crippen LogP contribution is 1.95. The molecule has 0 fully saturated rings. The molecule has 1 rings (SSSR count). The molecule has 0 aliphatic carbocycles. The lowest BCUT2D eigenvalue weighted by Crippen LogP contribution is -1.92. The monoisotopic (exact) mass is 148 g/mol. The maximum absolute atomic E-state index is 5.22. The van der Waals surface area contributed by atoms with Crippen molar-refractivity contribution in [3.63, 3.8) is 0 Å². The lowest BCUT2D eigenvalue weighted by Gasteiger charge is -1.85. The highest BCUT2D eigenvalue weighted by molar-refractivity contribution is 7.78. The Morgan fingerprint density at radius 3 is 2.62 bits per heavy atom. The van der Waals surface area contributed by atoms with Gasteiger partial charge in [-0.1, -0.05) is 0 Å². The average Bonchev–Trinajstić information content (AvgIpc) is 1.85. The zero-order valence-electron chi connectivity index (χ0n) is 3.83. The fraction of sp³-hybridized carbons (Fsp3) is 0. The van der Waals surface area contributed by atoms with Gasteiger partial charge in [-0.3, -0.25) is 5.10 Å². The van der Waals surface area contributed by atoms with Crippen LogP contribution in [0.15, 0.2) is 0 Å². The highest BCUT2D eigenvalue weighted by atomic mass is 32.1. The molecule has 0 spiro atoms. The summed E-state index contributed by atoms with van der Waals surface area (Å²) in [4.78, 5) is 3.63. The van der Waals surface area contributed by atoms with E-state index in [0.29, 0.717) is 4.77 Å². The Balaban J connectivity index is 3.35. The summed E-state index contributed by atoms with van der Waals surface area (Å²) in [6.45, 7) is 0. The molecule has 44 valence electrons. The average molecular weight is 148 g/mol. The number of thiol groups is 1. The minimum Gasteiger partial charge on any atom is -0.367 e. The molecule has 3 N–H and O–H groups in total. The third-order valence-corrected chi connectivity index (χ3v) is 1.12. The summed E-state index contributed by atoms with van der Waals surface area (Å²) in [5.74, 6) is 0.276. The number of H-pyrrole nitrogens is 1. The van der Waals surface area contributed by atoms with E-state index < -0.39 is 0 Å². The van der Waals surface area contributed by atoms with Crippen molar-refractivity contribution in [2.75, 3.05) is 5.73 Å². The van der Waals surface area contributed by atoms with Crippen LogP contribution >= 0.6 is 25.0 Å². The third kappa shape index (κ3) is 0.846. The molecule has 0 radical (unpaired) electrons. The molecule has 0 saturated heterocycles. The van der Waals surface area contributed by atoms with Crippen molar-refractivity contribution in [2.24, 2.45) is 0 Å². The van der Waals surface area contributed by atoms with E-state index in [1.807, 2.05) is 0 Å². The number of nitrogens with two attached hydrogens (primary N) is 1. The van der Waals surface area contributed by atoms with Crippen molar-refractivity contribution < 1.29 is 0 Å². The maximum Gasteiger partial charge on any atom is 0.228 e. The molecule has 0 unspecified atom stereocenters. The van der Waals surface area contributed by atoms with Crippen molar-refractivity contribution in [1.29, 1.82) is 0 Å². The SMILES string of the molecule is Nc1nc(=S)[nH]n1S. The Hall–Kier alpha value is -0.490. The van der Waals surface area contributed by atoms with Crippen LogP contribution in [0.3, 0.4) is 0 Å². The minimum atomic E-state index is 0.276. The number of nitrogens with one attached hydrogen (secondary N) is 1. The zero-order chi connectivity index (χ0) is 6.15. The van der Waals surface area contributed by atoms with E-state index in [2.05, 4.69) is 35.1 Å². The first-order chi connectivity index (χ1) is 3.70. The van der Waals surface area contributed by atoms with E-state index >= 15 is 0 Å². The Labute approximate surface area is 56.2 Å². The molecule has 8 heavy (non-hydrogen) atoms. The summed E-state index contributed by atoms with van der Waals surface area (Å²) in [6.07, 6.45) is 0. The van der Waals surface area contributed by atoms with Gasteiger partial charge in [0.05, 0.1) is 0 Å². The van der Waals surface area contributed by atoms with E-state index in [0.717, 1.165) is 0 Å². The van der Waals surface area contributed by atoms with Crippen LogP contribution < -0.4 is 5.73 Å². The van der Waals surface area contributed by atoms with Crippen LogP contribution in [-0.4, -0.2) is 14.2 Å². The molecular weight excluding hydrogens is 144 g/mol. The van der Waals surface area contributed by atoms with Gasteiger partial charge in [0.1, 0.15) is 0 Å². The number of hydrogen-bond acceptors (Lipinski definition) is 4. The van der Waals surface area contributed by atoms with E-state index in [1.165, 1.54) is 4.09 Å². The van der Waals surface area contributed by atoms with Crippen LogP contribution in [0.5, 0.6) is 0 Å². The van der Waals surface area contributed by atoms with Crippen LogP contribution in [0.25, 0.3) is 0 Å². The molecule has 4 nitrogen and oxygen atoms in total. The first kappa shape index (κ1) is 5.64. The van der Waals surface area contributed by atoms with E-state index in [-0.39, 0.29) is 5.95 Å². The van der Waals surface area contributed by atoms with Crippen molar-refractivity contribution >= 4 is 31.0 Å². The van der Waals surface area contributed by atoms with Crippen LogP contribution in [0.1, 0.15) is 0 Å². The Morgan fingerprint density at radius 2 is 2.50 bits per heavy atom. The second kappa shape index (κ2) is 1.79. The number of anilines is 1. The second-order valence-corrected chi connectivity index (χ2v) is 1.99. The van der Waals surface area contributed by atoms with Crippen molar-refractivity contribution in [2.45, 2.75) is 0 Å². The zero-order valence-corrected chi connectivity index (χ0v) is 5.54. The molecule has 1 aromatic heterocycles. The minimum absolute atomic E-state index is 0.276. The van der Waals surface area contributed by atoms with E-state index in [4.69, 9.17) is 5.73 Å². The molecule has 1 heterocycles. The number of nitrogens with zero attached hydrogens (tertiary/aromatic N) is 2. The summed E-state index contributed by atoms with van der Waals surface area (Å²) in [5.41, 5.74) is 5.22. The summed E-state index contributed by atoms with van der Waals surface area (Å²) < 4.78 is 1.60. The van der Waals surface area contributed by atoms with E-state index in [9.17, 15) is 0 Å². The fourth-order valence-corrected chi connectivity index (χ4v) is 0.716. The molecule has 0 aliphatic rings. The largest absolute Gasteiger partial charge is 0.367 e. The van der Waals surface area contributed by atoms with Gasteiger partial charge in [-0.2, -0.15) is 9.07 Å². The molecule has 0 aliphatic heterocycles. The van der Waals surface area contributed by atoms with Gasteiger partial charge in [-0.25, -0.2) is 0 Å². The van der Waals surface area contributed by atoms with Gasteiger partial charge in [0.15, 0.2) is 0 Å². The van der Waals surface area contributed by atoms with Gasteiger partial charge in [0, 0.05) is 0 Å². The first-order valence-corrected chi connectivity index (χ1v) is 2.65. The second-order valence-electron chi connectivity index (χ2n) is 1.20. The Morgan fingerprint density at radius 1 is 1.88 bits per heavy atom. The van der Waals surface area contributed by atoms with E-state index in [1.54, 1.807) is 0 Å². The number of nitrogen functional groups attached to an aromatic ring is 1. The highest BCUT2D eigenvalue weighted by Gasteiger charge is 1.90. The van der Waals surface area contributed by atoms with Crippen molar-refractivity contribution in [3.8, 4) is 0 Å². The van der Waals surface area contributed by atoms with Crippen molar-refractivity contribution in [3.05, 3.63) is 4.77 Å². The number of aromatic amines is 1. The van der Waals surface area contributed by atoms with Gasteiger partial charge in [0.25, 0.3) is 0 Å². The lowest BCUT2D eigenvalue weighted by atomic mass is 11.1. The van der Waals surface area contributed by atoms with Gasteiger partial charge < -0.3 is 5.73 Å². The first-order valence-electron chi connectivity index (χ1n) is 1.84. The molecule has 1 aromatic rings. The van der Waals surface area contributed by atoms with Crippen LogP contribution in [0, 0.1) is 4.77 Å². The lowest BCUT2D eigenvalue weighted by molar-refractivity contribution is 1.02. The Kier molecular flexibility index (Phi) is 1.26. The summed E-state index contributed by atoms with van der Waals surface area (Å²) in [6, 6.07) is 0. The summed E-state index contributed by atoms with van der Waals surface area (Å²) in [5, 5.41) is 2.57. The van der Waals surface area contributed by atoms with Gasteiger partial charge in [-0.15, -0.1) is 0 Å². The van der Waals surface area contributed by atoms with Gasteiger partial charge in [0.2, 0.25) is 10.7 Å². The Bertz CT molecular complexity index is 212. The summed E-state index contributed by atoms with van der Waals surface area (Å²) >= 11 is 8.43. The topological polar surface area (TPSA) is 59.6 Å².